The molecule has 1 aromatic rings. The standard InChI is InChI=1S/C18H22N2O3S/c1-3-11-23-15-8-6-14(7-9-15)13-16-17(21)20(18(24)19-16)10-5-12-22-4-2/h3,6-9,13H,1,4-5,10-12H2,2H3,(H,19,24)/b16-13+. The molecular weight excluding hydrogens is 324 g/mol. The Hall–Kier alpha value is -2.18. The number of carbonyl (C=O) groups excluding carboxylic acids is 1. The lowest BCUT2D eigenvalue weighted by molar-refractivity contribution is -0.122. The summed E-state index contributed by atoms with van der Waals surface area (Å²) < 4.78 is 10.7. The van der Waals surface area contributed by atoms with Gasteiger partial charge in [-0.15, -0.1) is 0 Å². The van der Waals surface area contributed by atoms with Crippen molar-refractivity contribution in [2.45, 2.75) is 13.3 Å². The van der Waals surface area contributed by atoms with Crippen molar-refractivity contribution in [1.82, 2.24) is 10.2 Å². The first kappa shape index (κ1) is 18.2. The molecule has 1 aromatic carbocycles. The second-order valence-corrected chi connectivity index (χ2v) is 5.55. The van der Waals surface area contributed by atoms with Crippen molar-refractivity contribution in [3.05, 3.63) is 48.2 Å². The summed E-state index contributed by atoms with van der Waals surface area (Å²) in [6, 6.07) is 7.49. The van der Waals surface area contributed by atoms with Crippen LogP contribution in [0, 0.1) is 0 Å². The van der Waals surface area contributed by atoms with E-state index in [1.54, 1.807) is 17.1 Å². The van der Waals surface area contributed by atoms with Crippen LogP contribution in [-0.4, -0.2) is 42.3 Å². The van der Waals surface area contributed by atoms with E-state index < -0.39 is 0 Å². The molecule has 128 valence electrons. The Bertz CT molecular complexity index is 626. The summed E-state index contributed by atoms with van der Waals surface area (Å²) in [6.07, 6.45) is 4.23. The van der Waals surface area contributed by atoms with Crippen molar-refractivity contribution in [2.24, 2.45) is 0 Å². The van der Waals surface area contributed by atoms with Gasteiger partial charge in [0.2, 0.25) is 0 Å². The third kappa shape index (κ3) is 4.91. The maximum Gasteiger partial charge on any atom is 0.276 e. The van der Waals surface area contributed by atoms with E-state index in [2.05, 4.69) is 11.9 Å². The van der Waals surface area contributed by atoms with Crippen LogP contribution < -0.4 is 10.1 Å². The van der Waals surface area contributed by atoms with Crippen molar-refractivity contribution in [1.29, 1.82) is 0 Å². The van der Waals surface area contributed by atoms with E-state index in [0.29, 0.717) is 37.2 Å². The zero-order chi connectivity index (χ0) is 17.4. The van der Waals surface area contributed by atoms with Gasteiger partial charge < -0.3 is 14.8 Å². The summed E-state index contributed by atoms with van der Waals surface area (Å²) in [6.45, 7) is 7.87. The Labute approximate surface area is 147 Å². The van der Waals surface area contributed by atoms with Crippen LogP contribution in [0.3, 0.4) is 0 Å². The van der Waals surface area contributed by atoms with Gasteiger partial charge in [0.05, 0.1) is 0 Å². The van der Waals surface area contributed by atoms with E-state index in [0.717, 1.165) is 17.7 Å². The largest absolute Gasteiger partial charge is 0.490 e. The summed E-state index contributed by atoms with van der Waals surface area (Å²) in [4.78, 5) is 14.0. The van der Waals surface area contributed by atoms with Crippen molar-refractivity contribution in [3.63, 3.8) is 0 Å². The second kappa shape index (κ2) is 9.20. The maximum absolute atomic E-state index is 12.4. The monoisotopic (exact) mass is 346 g/mol. The molecule has 1 fully saturated rings. The van der Waals surface area contributed by atoms with Crippen LogP contribution in [0.25, 0.3) is 6.08 Å². The fraction of sp³-hybridized carbons (Fsp3) is 0.333. The maximum atomic E-state index is 12.4. The minimum Gasteiger partial charge on any atom is -0.490 e. The highest BCUT2D eigenvalue weighted by molar-refractivity contribution is 7.80. The lowest BCUT2D eigenvalue weighted by Gasteiger charge is -2.13. The molecule has 1 N–H and O–H groups in total. The molecule has 0 unspecified atom stereocenters. The Morgan fingerprint density at radius 1 is 1.33 bits per heavy atom. The summed E-state index contributed by atoms with van der Waals surface area (Å²) in [5.74, 6) is 0.652. The highest BCUT2D eigenvalue weighted by atomic mass is 32.1. The number of thiocarbonyl (C=S) groups is 1. The quantitative estimate of drug-likeness (QED) is 0.322. The first-order valence-electron chi connectivity index (χ1n) is 7.91. The minimum absolute atomic E-state index is 0.108. The predicted octanol–water partition coefficient (Wildman–Crippen LogP) is 2.74. The fourth-order valence-electron chi connectivity index (χ4n) is 2.23. The third-order valence-corrected chi connectivity index (χ3v) is 3.72. The molecular formula is C18H22N2O3S. The van der Waals surface area contributed by atoms with Gasteiger partial charge in [0.1, 0.15) is 18.1 Å². The zero-order valence-electron chi connectivity index (χ0n) is 13.8. The highest BCUT2D eigenvalue weighted by Gasteiger charge is 2.29. The van der Waals surface area contributed by atoms with Gasteiger partial charge in [0.25, 0.3) is 5.91 Å². The van der Waals surface area contributed by atoms with Crippen LogP contribution in [0.5, 0.6) is 5.75 Å². The molecule has 24 heavy (non-hydrogen) atoms. The Morgan fingerprint density at radius 2 is 2.08 bits per heavy atom. The topological polar surface area (TPSA) is 50.8 Å². The molecule has 0 atom stereocenters. The number of nitrogens with zero attached hydrogens (tertiary/aromatic N) is 1. The molecule has 0 spiro atoms. The van der Waals surface area contributed by atoms with E-state index in [1.165, 1.54) is 0 Å². The summed E-state index contributed by atoms with van der Waals surface area (Å²) >= 11 is 5.24. The first-order valence-corrected chi connectivity index (χ1v) is 8.32. The molecule has 0 saturated carbocycles. The van der Waals surface area contributed by atoms with E-state index in [1.807, 2.05) is 31.2 Å². The number of amides is 1. The molecule has 1 aliphatic heterocycles. The van der Waals surface area contributed by atoms with E-state index in [4.69, 9.17) is 21.7 Å². The third-order valence-electron chi connectivity index (χ3n) is 3.40. The fourth-order valence-corrected chi connectivity index (χ4v) is 2.51. The normalized spacial score (nSPS) is 15.7. The van der Waals surface area contributed by atoms with Gasteiger partial charge in [0, 0.05) is 19.8 Å². The molecule has 0 aliphatic carbocycles. The average Bonchev–Trinajstić information content (AvgIpc) is 2.85. The summed E-state index contributed by atoms with van der Waals surface area (Å²) in [7, 11) is 0. The highest BCUT2D eigenvalue weighted by Crippen LogP contribution is 2.17. The molecule has 6 heteroatoms. The van der Waals surface area contributed by atoms with Gasteiger partial charge in [-0.25, -0.2) is 0 Å². The van der Waals surface area contributed by atoms with Gasteiger partial charge in [-0.1, -0.05) is 24.8 Å². The van der Waals surface area contributed by atoms with E-state index >= 15 is 0 Å². The number of hydrogen-bond donors (Lipinski definition) is 1. The van der Waals surface area contributed by atoms with Crippen LogP contribution >= 0.6 is 12.2 Å². The van der Waals surface area contributed by atoms with Crippen LogP contribution in [0.2, 0.25) is 0 Å². The molecule has 5 nitrogen and oxygen atoms in total. The molecule has 1 saturated heterocycles. The molecule has 0 bridgehead atoms. The first-order chi connectivity index (χ1) is 11.7. The lowest BCUT2D eigenvalue weighted by Crippen LogP contribution is -2.32. The van der Waals surface area contributed by atoms with Gasteiger partial charge in [0.15, 0.2) is 5.11 Å². The lowest BCUT2D eigenvalue weighted by atomic mass is 10.2. The minimum atomic E-state index is -0.108. The number of rotatable bonds is 9. The van der Waals surface area contributed by atoms with Gasteiger partial charge in [-0.05, 0) is 49.3 Å². The van der Waals surface area contributed by atoms with Crippen LogP contribution in [0.4, 0.5) is 0 Å². The van der Waals surface area contributed by atoms with Crippen LogP contribution in [0.15, 0.2) is 42.6 Å². The molecule has 2 rings (SSSR count). The van der Waals surface area contributed by atoms with Crippen molar-refractivity contribution >= 4 is 29.3 Å². The van der Waals surface area contributed by atoms with Crippen molar-refractivity contribution in [2.75, 3.05) is 26.4 Å². The molecule has 1 amide bonds. The van der Waals surface area contributed by atoms with Gasteiger partial charge >= 0.3 is 0 Å². The van der Waals surface area contributed by atoms with E-state index in [9.17, 15) is 4.79 Å². The predicted molar refractivity (Wildman–Crippen MR) is 98.7 cm³/mol. The van der Waals surface area contributed by atoms with Crippen molar-refractivity contribution < 1.29 is 14.3 Å². The Kier molecular flexibility index (Phi) is 6.96. The second-order valence-electron chi connectivity index (χ2n) is 5.16. The number of hydrogen-bond acceptors (Lipinski definition) is 4. The number of nitrogens with one attached hydrogen (secondary N) is 1. The van der Waals surface area contributed by atoms with E-state index in [-0.39, 0.29) is 5.91 Å². The van der Waals surface area contributed by atoms with Crippen LogP contribution in [-0.2, 0) is 9.53 Å². The average molecular weight is 346 g/mol. The molecule has 1 heterocycles. The van der Waals surface area contributed by atoms with Crippen LogP contribution in [0.1, 0.15) is 18.9 Å². The number of benzene rings is 1. The Balaban J connectivity index is 1.98. The zero-order valence-corrected chi connectivity index (χ0v) is 14.6. The van der Waals surface area contributed by atoms with Gasteiger partial charge in [-0.3, -0.25) is 9.69 Å². The SMILES string of the molecule is C=CCOc1ccc(/C=C2/NC(=S)N(CCCOCC)C2=O)cc1. The smallest absolute Gasteiger partial charge is 0.276 e. The molecule has 0 radical (unpaired) electrons. The molecule has 0 aromatic heterocycles. The summed E-state index contributed by atoms with van der Waals surface area (Å²) in [5, 5.41) is 3.41. The number of carbonyl (C=O) groups is 1. The Morgan fingerprint density at radius 3 is 2.75 bits per heavy atom. The van der Waals surface area contributed by atoms with Gasteiger partial charge in [-0.2, -0.15) is 0 Å². The molecule has 1 aliphatic rings. The van der Waals surface area contributed by atoms with Crippen molar-refractivity contribution in [3.8, 4) is 5.75 Å². The summed E-state index contributed by atoms with van der Waals surface area (Å²) in [5.41, 5.74) is 1.38. The number of ether oxygens (including phenoxy) is 2.